The molecule has 14 heteroatoms. The van der Waals surface area contributed by atoms with Crippen molar-refractivity contribution < 1.29 is 24.3 Å². The number of nitrogens with one attached hydrogen (secondary N) is 1. The van der Waals surface area contributed by atoms with Gasteiger partial charge in [0, 0.05) is 16.0 Å². The molecule has 1 saturated heterocycles. The predicted molar refractivity (Wildman–Crippen MR) is 118 cm³/mol. The van der Waals surface area contributed by atoms with Gasteiger partial charge in [-0.15, -0.1) is 41.3 Å². The van der Waals surface area contributed by atoms with Crippen LogP contribution in [0, 0.1) is 12.3 Å². The van der Waals surface area contributed by atoms with E-state index in [0.29, 0.717) is 16.4 Å². The number of hydrogen-bond acceptors (Lipinski definition) is 10. The molecule has 3 heterocycles. The van der Waals surface area contributed by atoms with Crippen LogP contribution in [0.3, 0.4) is 0 Å². The zero-order chi connectivity index (χ0) is 21.1. The van der Waals surface area contributed by atoms with Gasteiger partial charge >= 0.3 is 35.5 Å². The Labute approximate surface area is 206 Å². The fraction of sp³-hybridized carbons (Fsp3) is 0.312. The molecule has 0 spiro atoms. The van der Waals surface area contributed by atoms with Gasteiger partial charge in [-0.1, -0.05) is 11.1 Å². The molecule has 2 atom stereocenters. The summed E-state index contributed by atoms with van der Waals surface area (Å²) in [6.45, 7) is 0. The number of nitrogens with zero attached hydrogens (tertiary/aromatic N) is 3. The first-order chi connectivity index (χ1) is 13.9. The van der Waals surface area contributed by atoms with Gasteiger partial charge in [0.15, 0.2) is 10.8 Å². The van der Waals surface area contributed by atoms with Crippen LogP contribution in [0.1, 0.15) is 5.69 Å². The van der Waals surface area contributed by atoms with Gasteiger partial charge < -0.3 is 21.0 Å². The molecule has 1 aromatic heterocycles. The molecule has 0 aromatic carbocycles. The maximum atomic E-state index is 12.7. The molecule has 1 aromatic rings. The molecule has 3 rings (SSSR count). The molecule has 1 fully saturated rings. The van der Waals surface area contributed by atoms with Gasteiger partial charge in [0.1, 0.15) is 29.9 Å². The standard InChI is InChI=1S/C16H15N5O5S3.Na.H/c1-3-4-27-8-6-28-14-10(13(23)21(14)11(8)15(24)25)19-12(22)9(20-26-2)7-5-29-16(17)18-7;;/h1,5,10,14H,4,6H2,2H3,(H2,17,18)(H,19,22)(H,24,25);;/b20-9-;;/t10-,14-;;/m1../s1. The molecular weight excluding hydrogens is 461 g/mol. The number of nitrogen functional groups attached to an aromatic ring is 1. The molecule has 0 aliphatic carbocycles. The number of aromatic nitrogens is 1. The molecule has 0 radical (unpaired) electrons. The summed E-state index contributed by atoms with van der Waals surface area (Å²) in [6.07, 6.45) is 5.24. The number of terminal acetylenes is 1. The minimum atomic E-state index is -1.22. The number of carbonyl (C=O) groups excluding carboxylic acids is 2. The summed E-state index contributed by atoms with van der Waals surface area (Å²) in [4.78, 5) is 47.4. The van der Waals surface area contributed by atoms with Crippen molar-refractivity contribution in [2.45, 2.75) is 11.4 Å². The molecule has 0 unspecified atom stereocenters. The second-order valence-electron chi connectivity index (χ2n) is 5.62. The molecule has 10 nitrogen and oxygen atoms in total. The third-order valence-electron chi connectivity index (χ3n) is 3.91. The van der Waals surface area contributed by atoms with Gasteiger partial charge in [0.05, 0.1) is 5.75 Å². The van der Waals surface area contributed by atoms with Gasteiger partial charge in [-0.25, -0.2) is 9.78 Å². The molecule has 154 valence electrons. The summed E-state index contributed by atoms with van der Waals surface area (Å²) in [6, 6.07) is -0.904. The number of thioether (sulfide) groups is 2. The normalized spacial score (nSPS) is 20.5. The second kappa shape index (κ2) is 10.6. The van der Waals surface area contributed by atoms with Crippen molar-refractivity contribution in [3.63, 3.8) is 0 Å². The van der Waals surface area contributed by atoms with Crippen molar-refractivity contribution in [2.75, 3.05) is 24.3 Å². The Morgan fingerprint density at radius 3 is 2.90 bits per heavy atom. The topological polar surface area (TPSA) is 147 Å². The van der Waals surface area contributed by atoms with E-state index in [0.717, 1.165) is 11.3 Å². The van der Waals surface area contributed by atoms with Crippen LogP contribution >= 0.6 is 34.9 Å². The van der Waals surface area contributed by atoms with Crippen LogP contribution in [-0.2, 0) is 19.2 Å². The van der Waals surface area contributed by atoms with E-state index >= 15 is 0 Å². The third-order valence-corrected chi connectivity index (χ3v) is 7.05. The number of aliphatic carboxylic acids is 1. The van der Waals surface area contributed by atoms with Gasteiger partial charge in [0.25, 0.3) is 11.8 Å². The molecule has 2 aliphatic heterocycles. The Kier molecular flexibility index (Phi) is 8.65. The number of rotatable bonds is 7. The molecule has 30 heavy (non-hydrogen) atoms. The van der Waals surface area contributed by atoms with E-state index in [1.807, 2.05) is 0 Å². The summed E-state index contributed by atoms with van der Waals surface area (Å²) < 4.78 is 0. The van der Waals surface area contributed by atoms with Crippen LogP contribution in [-0.4, -0.2) is 98.1 Å². The van der Waals surface area contributed by atoms with Crippen molar-refractivity contribution in [2.24, 2.45) is 5.16 Å². The Balaban J connectivity index is 0.00000320. The first-order valence-electron chi connectivity index (χ1n) is 7.99. The Morgan fingerprint density at radius 2 is 2.33 bits per heavy atom. The van der Waals surface area contributed by atoms with Crippen LogP contribution in [0.4, 0.5) is 5.13 Å². The van der Waals surface area contributed by atoms with Gasteiger partial charge in [0.2, 0.25) is 0 Å². The number of oxime groups is 1. The number of anilines is 1. The van der Waals surface area contributed by atoms with Gasteiger partial charge in [-0.2, -0.15) is 0 Å². The number of amides is 2. The predicted octanol–water partition coefficient (Wildman–Crippen LogP) is -0.510. The average Bonchev–Trinajstić information content (AvgIpc) is 3.13. The van der Waals surface area contributed by atoms with Gasteiger partial charge in [-0.3, -0.25) is 14.5 Å². The summed E-state index contributed by atoms with van der Waals surface area (Å²) in [5.41, 5.74) is 5.58. The van der Waals surface area contributed by atoms with E-state index in [4.69, 9.17) is 17.0 Å². The maximum absolute atomic E-state index is 12.7. The third kappa shape index (κ3) is 4.79. The zero-order valence-electron chi connectivity index (χ0n) is 14.9. The minimum absolute atomic E-state index is 0. The first kappa shape index (κ1) is 24.6. The molecule has 4 N–H and O–H groups in total. The van der Waals surface area contributed by atoms with Crippen molar-refractivity contribution in [3.05, 3.63) is 21.7 Å². The molecular formula is C16H16N5NaO5S3. The Morgan fingerprint density at radius 1 is 1.60 bits per heavy atom. The van der Waals surface area contributed by atoms with E-state index in [1.54, 1.807) is 0 Å². The second-order valence-corrected chi connectivity index (χ2v) is 8.69. The molecule has 0 bridgehead atoms. The number of nitrogens with two attached hydrogens (primary N) is 1. The quantitative estimate of drug-likeness (QED) is 0.155. The van der Waals surface area contributed by atoms with Crippen LogP contribution in [0.2, 0.25) is 0 Å². The molecule has 2 amide bonds. The van der Waals surface area contributed by atoms with Gasteiger partial charge in [-0.05, 0) is 0 Å². The Bertz CT molecular complexity index is 973. The molecule has 0 saturated carbocycles. The van der Waals surface area contributed by atoms with Crippen molar-refractivity contribution in [1.29, 1.82) is 0 Å². The fourth-order valence-electron chi connectivity index (χ4n) is 2.73. The number of fused-ring (bicyclic) bond motifs is 1. The van der Waals surface area contributed by atoms with Crippen LogP contribution in [0.25, 0.3) is 0 Å². The van der Waals surface area contributed by atoms with E-state index in [-0.39, 0.29) is 51.8 Å². The average molecular weight is 478 g/mol. The Hall–Kier alpha value is -1.69. The van der Waals surface area contributed by atoms with Crippen LogP contribution in [0.15, 0.2) is 21.1 Å². The summed E-state index contributed by atoms with van der Waals surface area (Å²) in [7, 11) is 1.27. The van der Waals surface area contributed by atoms with E-state index < -0.39 is 29.2 Å². The first-order valence-corrected chi connectivity index (χ1v) is 10.9. The van der Waals surface area contributed by atoms with Crippen LogP contribution in [0.5, 0.6) is 0 Å². The monoisotopic (exact) mass is 477 g/mol. The van der Waals surface area contributed by atoms with E-state index in [9.17, 15) is 19.5 Å². The van der Waals surface area contributed by atoms with E-state index in [1.165, 1.54) is 40.9 Å². The summed E-state index contributed by atoms with van der Waals surface area (Å²) >= 11 is 3.68. The number of carboxylic acids is 1. The number of hydrogen-bond donors (Lipinski definition) is 3. The molecule has 2 aliphatic rings. The number of thiazole rings is 1. The van der Waals surface area contributed by atoms with Crippen molar-refractivity contribution in [1.82, 2.24) is 15.2 Å². The van der Waals surface area contributed by atoms with Crippen molar-refractivity contribution >= 4 is 93.0 Å². The number of carboxylic acid groups (broad SMARTS) is 1. The summed E-state index contributed by atoms with van der Waals surface area (Å²) in [5.74, 6) is 0.685. The fourth-order valence-corrected chi connectivity index (χ4v) is 5.59. The van der Waals surface area contributed by atoms with Crippen LogP contribution < -0.4 is 11.1 Å². The van der Waals surface area contributed by atoms with Crippen molar-refractivity contribution in [3.8, 4) is 12.3 Å². The SMILES string of the molecule is C#CCSC1=C(C(=O)O)N2C(=O)[C@@H](NC(=O)/C(=N\OC)c3csc(N)n3)[C@H]2SC1.[NaH]. The number of β-lactam (4-membered cyclic amide) rings is 1. The summed E-state index contributed by atoms with van der Waals surface area (Å²) in [5, 5.41) is 17.1. The number of carbonyl (C=O) groups is 3. The van der Waals surface area contributed by atoms with E-state index in [2.05, 4.69) is 21.4 Å². The zero-order valence-corrected chi connectivity index (χ0v) is 17.4.